The third-order valence-corrected chi connectivity index (χ3v) is 5.87. The van der Waals surface area contributed by atoms with Gasteiger partial charge in [0.05, 0.1) is 23.2 Å². The predicted octanol–water partition coefficient (Wildman–Crippen LogP) is 4.29. The molecular weight excluding hydrogens is 374 g/mol. The van der Waals surface area contributed by atoms with E-state index in [1.165, 1.54) is 11.1 Å². The van der Waals surface area contributed by atoms with Crippen LogP contribution >= 0.6 is 0 Å². The van der Waals surface area contributed by atoms with E-state index < -0.39 is 0 Å². The van der Waals surface area contributed by atoms with Crippen LogP contribution in [0.15, 0.2) is 59.5 Å². The molecule has 30 heavy (non-hydrogen) atoms. The van der Waals surface area contributed by atoms with E-state index in [4.69, 9.17) is 0 Å². The summed E-state index contributed by atoms with van der Waals surface area (Å²) in [5, 5.41) is 21.3. The third kappa shape index (κ3) is 3.15. The zero-order valence-electron chi connectivity index (χ0n) is 16.6. The van der Waals surface area contributed by atoms with E-state index >= 15 is 0 Å². The lowest BCUT2D eigenvalue weighted by molar-refractivity contribution is 0.600. The van der Waals surface area contributed by atoms with Crippen molar-refractivity contribution in [2.45, 2.75) is 25.3 Å². The molecule has 2 aromatic carbocycles. The highest BCUT2D eigenvalue weighted by atomic mass is 16.1. The van der Waals surface area contributed by atoms with E-state index in [1.807, 2.05) is 30.3 Å². The fourth-order valence-corrected chi connectivity index (χ4v) is 4.25. The molecule has 2 N–H and O–H groups in total. The minimum atomic E-state index is -0.0616. The number of hydrogen-bond donors (Lipinski definition) is 2. The molecule has 0 fully saturated rings. The lowest BCUT2D eigenvalue weighted by Gasteiger charge is -2.27. The summed E-state index contributed by atoms with van der Waals surface area (Å²) in [7, 11) is 1.73. The molecule has 0 aliphatic heterocycles. The molecule has 6 nitrogen and oxygen atoms in total. The van der Waals surface area contributed by atoms with Crippen molar-refractivity contribution in [3.05, 3.63) is 81.8 Å². The average molecular weight is 395 g/mol. The average Bonchev–Trinajstić information content (AvgIpc) is 3.19. The number of aromatic nitrogens is 3. The fraction of sp³-hybridized carbons (Fsp3) is 0.208. The Balaban J connectivity index is 1.50. The van der Waals surface area contributed by atoms with Crippen LogP contribution < -0.4 is 10.9 Å². The molecule has 4 aromatic rings. The van der Waals surface area contributed by atoms with Crippen LogP contribution in [0.5, 0.6) is 0 Å². The van der Waals surface area contributed by atoms with Gasteiger partial charge in [-0.1, -0.05) is 6.07 Å². The lowest BCUT2D eigenvalue weighted by Crippen LogP contribution is -2.17. The molecule has 0 saturated heterocycles. The summed E-state index contributed by atoms with van der Waals surface area (Å²) < 4.78 is 1.55. The second-order valence-electron chi connectivity index (χ2n) is 7.81. The van der Waals surface area contributed by atoms with Crippen LogP contribution in [0, 0.1) is 11.3 Å². The topological polar surface area (TPSA) is 86.5 Å². The van der Waals surface area contributed by atoms with Crippen molar-refractivity contribution in [1.82, 2.24) is 14.8 Å². The minimum Gasteiger partial charge on any atom is -0.378 e. The third-order valence-electron chi connectivity index (χ3n) is 5.87. The standard InChI is InChI=1S/C24H21N5O/c1-29-10-9-17(12-23(29)30)24-20-13-18(6-8-22(20)27-28-24)26-21-4-2-3-16-11-15(14-25)5-7-19(16)21/h5-13,21,26H,2-4H2,1H3,(H,27,28)/t21-/m0/s1. The van der Waals surface area contributed by atoms with Crippen LogP contribution in [0.4, 0.5) is 5.69 Å². The molecule has 148 valence electrons. The highest BCUT2D eigenvalue weighted by Gasteiger charge is 2.21. The summed E-state index contributed by atoms with van der Waals surface area (Å²) in [6.07, 6.45) is 4.90. The highest BCUT2D eigenvalue weighted by molar-refractivity contribution is 5.94. The first-order chi connectivity index (χ1) is 14.6. The largest absolute Gasteiger partial charge is 0.378 e. The van der Waals surface area contributed by atoms with Gasteiger partial charge in [-0.05, 0) is 66.8 Å². The van der Waals surface area contributed by atoms with Crippen molar-refractivity contribution in [1.29, 1.82) is 5.26 Å². The molecule has 1 aliphatic carbocycles. The Morgan fingerprint density at radius 1 is 1.20 bits per heavy atom. The second-order valence-corrected chi connectivity index (χ2v) is 7.81. The number of aromatic amines is 1. The van der Waals surface area contributed by atoms with Crippen molar-refractivity contribution in [3.63, 3.8) is 0 Å². The maximum absolute atomic E-state index is 12.1. The molecule has 0 amide bonds. The number of aryl methyl sites for hydroxylation is 2. The Kier molecular flexibility index (Phi) is 4.36. The van der Waals surface area contributed by atoms with Gasteiger partial charge in [0.2, 0.25) is 0 Å². The number of pyridine rings is 1. The molecule has 0 unspecified atom stereocenters. The normalized spacial score (nSPS) is 15.5. The molecule has 1 aliphatic rings. The first-order valence-corrected chi connectivity index (χ1v) is 10.1. The quantitative estimate of drug-likeness (QED) is 0.542. The minimum absolute atomic E-state index is 0.0616. The van der Waals surface area contributed by atoms with Crippen LogP contribution in [0.1, 0.15) is 35.6 Å². The first-order valence-electron chi connectivity index (χ1n) is 10.1. The van der Waals surface area contributed by atoms with Gasteiger partial charge in [0.1, 0.15) is 5.69 Å². The highest BCUT2D eigenvalue weighted by Crippen LogP contribution is 2.34. The van der Waals surface area contributed by atoms with Gasteiger partial charge in [0.15, 0.2) is 0 Å². The molecule has 0 spiro atoms. The van der Waals surface area contributed by atoms with Gasteiger partial charge < -0.3 is 9.88 Å². The van der Waals surface area contributed by atoms with Gasteiger partial charge in [-0.3, -0.25) is 9.89 Å². The van der Waals surface area contributed by atoms with Crippen molar-refractivity contribution >= 4 is 16.6 Å². The summed E-state index contributed by atoms with van der Waals surface area (Å²) in [6.45, 7) is 0. The van der Waals surface area contributed by atoms with Crippen LogP contribution in [0.3, 0.4) is 0 Å². The summed E-state index contributed by atoms with van der Waals surface area (Å²) in [6, 6.07) is 18.1. The van der Waals surface area contributed by atoms with Gasteiger partial charge in [-0.15, -0.1) is 0 Å². The van der Waals surface area contributed by atoms with Gasteiger partial charge in [0.25, 0.3) is 5.56 Å². The lowest BCUT2D eigenvalue weighted by atomic mass is 9.86. The Morgan fingerprint density at radius 2 is 2.10 bits per heavy atom. The second kappa shape index (κ2) is 7.20. The maximum atomic E-state index is 12.1. The summed E-state index contributed by atoms with van der Waals surface area (Å²) in [5.74, 6) is 0. The monoisotopic (exact) mass is 395 g/mol. The molecule has 6 heteroatoms. The Morgan fingerprint density at radius 3 is 2.93 bits per heavy atom. The number of nitrogens with zero attached hydrogens (tertiary/aromatic N) is 3. The van der Waals surface area contributed by atoms with Gasteiger partial charge >= 0.3 is 0 Å². The molecule has 0 radical (unpaired) electrons. The zero-order chi connectivity index (χ0) is 20.7. The molecular formula is C24H21N5O. The molecule has 2 heterocycles. The van der Waals surface area contributed by atoms with Crippen molar-refractivity contribution < 1.29 is 0 Å². The van der Waals surface area contributed by atoms with E-state index in [-0.39, 0.29) is 11.6 Å². The van der Waals surface area contributed by atoms with Crippen molar-refractivity contribution in [2.75, 3.05) is 5.32 Å². The van der Waals surface area contributed by atoms with Gasteiger partial charge in [-0.25, -0.2) is 0 Å². The zero-order valence-corrected chi connectivity index (χ0v) is 16.6. The van der Waals surface area contributed by atoms with Crippen LogP contribution in [-0.2, 0) is 13.5 Å². The number of nitriles is 1. The summed E-state index contributed by atoms with van der Waals surface area (Å²) in [4.78, 5) is 12.1. The Labute approximate surface area is 173 Å². The number of hydrogen-bond acceptors (Lipinski definition) is 4. The molecule has 0 bridgehead atoms. The number of H-pyrrole nitrogens is 1. The molecule has 5 rings (SSSR count). The Hall–Kier alpha value is -3.85. The first kappa shape index (κ1) is 18.2. The van der Waals surface area contributed by atoms with E-state index in [0.29, 0.717) is 5.56 Å². The number of rotatable bonds is 3. The predicted molar refractivity (Wildman–Crippen MR) is 117 cm³/mol. The summed E-state index contributed by atoms with van der Waals surface area (Å²) in [5.41, 5.74) is 6.68. The fourth-order valence-electron chi connectivity index (χ4n) is 4.25. The van der Waals surface area contributed by atoms with Crippen LogP contribution in [-0.4, -0.2) is 14.8 Å². The number of fused-ring (bicyclic) bond motifs is 2. The van der Waals surface area contributed by atoms with Gasteiger partial charge in [0, 0.05) is 35.9 Å². The number of benzene rings is 2. The van der Waals surface area contributed by atoms with E-state index in [0.717, 1.165) is 47.1 Å². The van der Waals surface area contributed by atoms with Crippen LogP contribution in [0.2, 0.25) is 0 Å². The smallest absolute Gasteiger partial charge is 0.250 e. The van der Waals surface area contributed by atoms with Crippen LogP contribution in [0.25, 0.3) is 22.2 Å². The van der Waals surface area contributed by atoms with Gasteiger partial charge in [-0.2, -0.15) is 10.4 Å². The van der Waals surface area contributed by atoms with E-state index in [1.54, 1.807) is 23.9 Å². The van der Waals surface area contributed by atoms with Crippen molar-refractivity contribution in [3.8, 4) is 17.3 Å². The van der Waals surface area contributed by atoms with Crippen molar-refractivity contribution in [2.24, 2.45) is 7.05 Å². The summed E-state index contributed by atoms with van der Waals surface area (Å²) >= 11 is 0. The molecule has 1 atom stereocenters. The van der Waals surface area contributed by atoms with E-state index in [9.17, 15) is 10.1 Å². The Bertz CT molecular complexity index is 1360. The molecule has 2 aromatic heterocycles. The van der Waals surface area contributed by atoms with E-state index in [2.05, 4.69) is 33.7 Å². The molecule has 0 saturated carbocycles. The maximum Gasteiger partial charge on any atom is 0.250 e. The number of nitrogens with one attached hydrogen (secondary N) is 2. The SMILES string of the molecule is Cn1ccc(-c2n[nH]c3ccc(N[C@H]4CCCc5cc(C#N)ccc54)cc23)cc1=O. The number of anilines is 1.